The molecule has 0 spiro atoms. The zero-order valence-electron chi connectivity index (χ0n) is 12.0. The van der Waals surface area contributed by atoms with Crippen LogP contribution in [0.2, 0.25) is 0 Å². The second kappa shape index (κ2) is 7.96. The summed E-state index contributed by atoms with van der Waals surface area (Å²) >= 11 is 3.45. The zero-order chi connectivity index (χ0) is 15.1. The van der Waals surface area contributed by atoms with Crippen molar-refractivity contribution in [2.75, 3.05) is 13.1 Å². The largest absolute Gasteiger partial charge is 0.351 e. The average molecular weight is 347 g/mol. The predicted molar refractivity (Wildman–Crippen MR) is 89.4 cm³/mol. The summed E-state index contributed by atoms with van der Waals surface area (Å²) in [4.78, 5) is 11.9. The molecule has 0 unspecified atom stereocenters. The fourth-order valence-corrected chi connectivity index (χ4v) is 2.40. The Morgan fingerprint density at radius 2 is 1.86 bits per heavy atom. The minimum absolute atomic E-state index is 0.0285. The molecule has 1 amide bonds. The summed E-state index contributed by atoms with van der Waals surface area (Å²) in [5.41, 5.74) is 3.07. The molecule has 0 aliphatic carbocycles. The molecule has 0 bridgehead atoms. The highest BCUT2D eigenvalue weighted by Crippen LogP contribution is 2.11. The van der Waals surface area contributed by atoms with Crippen molar-refractivity contribution in [1.29, 1.82) is 0 Å². The van der Waals surface area contributed by atoms with E-state index in [2.05, 4.69) is 38.7 Å². The maximum Gasteiger partial charge on any atom is 0.251 e. The molecule has 0 aliphatic rings. The van der Waals surface area contributed by atoms with Gasteiger partial charge in [0, 0.05) is 29.7 Å². The molecule has 0 aliphatic heterocycles. The van der Waals surface area contributed by atoms with E-state index in [0.717, 1.165) is 23.1 Å². The van der Waals surface area contributed by atoms with Gasteiger partial charge in [-0.1, -0.05) is 45.8 Å². The fraction of sp³-hybridized carbons (Fsp3) is 0.235. The van der Waals surface area contributed by atoms with Crippen LogP contribution in [-0.2, 0) is 6.54 Å². The van der Waals surface area contributed by atoms with Gasteiger partial charge in [0.05, 0.1) is 0 Å². The summed E-state index contributed by atoms with van der Waals surface area (Å²) in [6.07, 6.45) is 0. The average Bonchev–Trinajstić information content (AvgIpc) is 2.47. The molecule has 0 atom stereocenters. The van der Waals surface area contributed by atoms with E-state index in [-0.39, 0.29) is 5.91 Å². The van der Waals surface area contributed by atoms with Crippen molar-refractivity contribution in [2.24, 2.45) is 0 Å². The van der Waals surface area contributed by atoms with E-state index in [1.165, 1.54) is 5.56 Å². The number of carbonyl (C=O) groups is 1. The van der Waals surface area contributed by atoms with Gasteiger partial charge >= 0.3 is 0 Å². The minimum atomic E-state index is -0.0285. The lowest BCUT2D eigenvalue weighted by Crippen LogP contribution is -2.31. The third kappa shape index (κ3) is 5.33. The van der Waals surface area contributed by atoms with Gasteiger partial charge in [-0.2, -0.15) is 0 Å². The first-order valence-corrected chi connectivity index (χ1v) is 7.74. The molecular weight excluding hydrogens is 328 g/mol. The van der Waals surface area contributed by atoms with E-state index in [1.54, 1.807) is 0 Å². The Hall–Kier alpha value is -1.65. The van der Waals surface area contributed by atoms with Crippen molar-refractivity contribution in [3.05, 3.63) is 69.7 Å². The first-order chi connectivity index (χ1) is 10.1. The lowest BCUT2D eigenvalue weighted by Gasteiger charge is -2.07. The highest BCUT2D eigenvalue weighted by molar-refractivity contribution is 9.10. The van der Waals surface area contributed by atoms with Crippen LogP contribution in [0.25, 0.3) is 0 Å². The highest BCUT2D eigenvalue weighted by Gasteiger charge is 2.03. The highest BCUT2D eigenvalue weighted by atomic mass is 79.9. The second-order valence-corrected chi connectivity index (χ2v) is 5.84. The van der Waals surface area contributed by atoms with Crippen LogP contribution in [0.3, 0.4) is 0 Å². The van der Waals surface area contributed by atoms with Gasteiger partial charge < -0.3 is 10.6 Å². The molecule has 4 heteroatoms. The van der Waals surface area contributed by atoms with Gasteiger partial charge in [0.25, 0.3) is 5.91 Å². The van der Waals surface area contributed by atoms with Crippen LogP contribution in [0.4, 0.5) is 0 Å². The normalized spacial score (nSPS) is 10.4. The molecule has 110 valence electrons. The SMILES string of the molecule is Cc1ccc(C(=O)NCCNCc2cccc(Br)c2)cc1. The van der Waals surface area contributed by atoms with Gasteiger partial charge in [0.2, 0.25) is 0 Å². The number of amides is 1. The Labute approximate surface area is 133 Å². The predicted octanol–water partition coefficient (Wildman–Crippen LogP) is 3.28. The second-order valence-electron chi connectivity index (χ2n) is 4.93. The van der Waals surface area contributed by atoms with Gasteiger partial charge in [-0.3, -0.25) is 4.79 Å². The molecule has 0 aromatic heterocycles. The van der Waals surface area contributed by atoms with Gasteiger partial charge in [-0.25, -0.2) is 0 Å². The van der Waals surface area contributed by atoms with Crippen molar-refractivity contribution in [2.45, 2.75) is 13.5 Å². The standard InChI is InChI=1S/C17H19BrN2O/c1-13-5-7-15(8-6-13)17(21)20-10-9-19-12-14-3-2-4-16(18)11-14/h2-8,11,19H,9-10,12H2,1H3,(H,20,21). The summed E-state index contributed by atoms with van der Waals surface area (Å²) in [6.45, 7) is 4.15. The Morgan fingerprint density at radius 3 is 2.57 bits per heavy atom. The first kappa shape index (κ1) is 15.7. The quantitative estimate of drug-likeness (QED) is 0.788. The van der Waals surface area contributed by atoms with Crippen molar-refractivity contribution in [1.82, 2.24) is 10.6 Å². The first-order valence-electron chi connectivity index (χ1n) is 6.95. The summed E-state index contributed by atoms with van der Waals surface area (Å²) < 4.78 is 1.08. The van der Waals surface area contributed by atoms with E-state index in [9.17, 15) is 4.79 Å². The van der Waals surface area contributed by atoms with Gasteiger partial charge in [0.1, 0.15) is 0 Å². The monoisotopic (exact) mass is 346 g/mol. The van der Waals surface area contributed by atoms with Crippen LogP contribution in [0.1, 0.15) is 21.5 Å². The molecule has 0 saturated heterocycles. The van der Waals surface area contributed by atoms with E-state index in [0.29, 0.717) is 12.1 Å². The summed E-state index contributed by atoms with van der Waals surface area (Å²) in [6, 6.07) is 15.8. The van der Waals surface area contributed by atoms with Crippen LogP contribution < -0.4 is 10.6 Å². The molecule has 2 aromatic carbocycles. The van der Waals surface area contributed by atoms with Gasteiger partial charge in [-0.15, -0.1) is 0 Å². The number of carbonyl (C=O) groups excluding carboxylic acids is 1. The number of hydrogen-bond acceptors (Lipinski definition) is 2. The van der Waals surface area contributed by atoms with Crippen LogP contribution >= 0.6 is 15.9 Å². The minimum Gasteiger partial charge on any atom is -0.351 e. The number of halogens is 1. The summed E-state index contributed by atoms with van der Waals surface area (Å²) in [5.74, 6) is -0.0285. The van der Waals surface area contributed by atoms with Crippen molar-refractivity contribution in [3.8, 4) is 0 Å². The lowest BCUT2D eigenvalue weighted by atomic mass is 10.1. The summed E-state index contributed by atoms with van der Waals surface area (Å²) in [5, 5.41) is 6.21. The molecule has 0 radical (unpaired) electrons. The van der Waals surface area contributed by atoms with Crippen LogP contribution in [-0.4, -0.2) is 19.0 Å². The Morgan fingerprint density at radius 1 is 1.10 bits per heavy atom. The topological polar surface area (TPSA) is 41.1 Å². The molecule has 2 rings (SSSR count). The van der Waals surface area contributed by atoms with Crippen LogP contribution in [0.5, 0.6) is 0 Å². The molecule has 2 N–H and O–H groups in total. The van der Waals surface area contributed by atoms with Crippen molar-refractivity contribution < 1.29 is 4.79 Å². The Bertz CT molecular complexity index is 596. The number of hydrogen-bond donors (Lipinski definition) is 2. The van der Waals surface area contributed by atoms with E-state index in [4.69, 9.17) is 0 Å². The number of benzene rings is 2. The molecule has 2 aromatic rings. The van der Waals surface area contributed by atoms with Crippen molar-refractivity contribution in [3.63, 3.8) is 0 Å². The third-order valence-electron chi connectivity index (χ3n) is 3.12. The van der Waals surface area contributed by atoms with Gasteiger partial charge in [-0.05, 0) is 36.8 Å². The maximum atomic E-state index is 11.9. The number of aryl methyl sites for hydroxylation is 1. The molecule has 21 heavy (non-hydrogen) atoms. The summed E-state index contributed by atoms with van der Waals surface area (Å²) in [7, 11) is 0. The van der Waals surface area contributed by atoms with Crippen molar-refractivity contribution >= 4 is 21.8 Å². The van der Waals surface area contributed by atoms with E-state index >= 15 is 0 Å². The molecule has 0 heterocycles. The molecule has 3 nitrogen and oxygen atoms in total. The zero-order valence-corrected chi connectivity index (χ0v) is 13.6. The van der Waals surface area contributed by atoms with E-state index < -0.39 is 0 Å². The molecule has 0 saturated carbocycles. The van der Waals surface area contributed by atoms with E-state index in [1.807, 2.05) is 43.3 Å². The molecule has 0 fully saturated rings. The Kier molecular flexibility index (Phi) is 5.96. The number of rotatable bonds is 6. The van der Waals surface area contributed by atoms with Gasteiger partial charge in [0.15, 0.2) is 0 Å². The maximum absolute atomic E-state index is 11.9. The molecular formula is C17H19BrN2O. The third-order valence-corrected chi connectivity index (χ3v) is 3.61. The Balaban J connectivity index is 1.68. The fourth-order valence-electron chi connectivity index (χ4n) is 1.95. The number of nitrogens with one attached hydrogen (secondary N) is 2. The van der Waals surface area contributed by atoms with Crippen LogP contribution in [0, 0.1) is 6.92 Å². The van der Waals surface area contributed by atoms with Crippen LogP contribution in [0.15, 0.2) is 53.0 Å². The smallest absolute Gasteiger partial charge is 0.251 e. The lowest BCUT2D eigenvalue weighted by molar-refractivity contribution is 0.0954.